The van der Waals surface area contributed by atoms with Gasteiger partial charge < -0.3 is 10.6 Å². The smallest absolute Gasteiger partial charge is 0.224 e. The van der Waals surface area contributed by atoms with Crippen molar-refractivity contribution in [1.82, 2.24) is 4.98 Å². The molecule has 4 nitrogen and oxygen atoms in total. The third-order valence-corrected chi connectivity index (χ3v) is 2.57. The van der Waals surface area contributed by atoms with Gasteiger partial charge in [0.1, 0.15) is 5.82 Å². The van der Waals surface area contributed by atoms with Crippen LogP contribution in [0.2, 0.25) is 0 Å². The Labute approximate surface area is 112 Å². The number of nitrogens with one attached hydrogen (secondary N) is 2. The molecular weight excluding hydrogens is 238 g/mol. The molecule has 0 saturated carbocycles. The highest BCUT2D eigenvalue weighted by Gasteiger charge is 2.01. The maximum absolute atomic E-state index is 11.4. The first-order chi connectivity index (χ1) is 9.28. The van der Waals surface area contributed by atoms with Crippen molar-refractivity contribution in [2.45, 2.75) is 19.8 Å². The van der Waals surface area contributed by atoms with E-state index in [-0.39, 0.29) is 5.91 Å². The van der Waals surface area contributed by atoms with E-state index in [0.717, 1.165) is 23.6 Å². The monoisotopic (exact) mass is 255 g/mol. The zero-order chi connectivity index (χ0) is 13.5. The van der Waals surface area contributed by atoms with Crippen molar-refractivity contribution in [1.29, 1.82) is 0 Å². The highest BCUT2D eigenvalue weighted by molar-refractivity contribution is 5.90. The summed E-state index contributed by atoms with van der Waals surface area (Å²) in [6.45, 7) is 1.98. The molecule has 1 aromatic carbocycles. The second-order valence-electron chi connectivity index (χ2n) is 4.22. The molecule has 2 N–H and O–H groups in total. The van der Waals surface area contributed by atoms with E-state index in [1.807, 2.05) is 49.4 Å². The van der Waals surface area contributed by atoms with Gasteiger partial charge in [-0.1, -0.05) is 25.1 Å². The topological polar surface area (TPSA) is 54.0 Å². The van der Waals surface area contributed by atoms with Crippen LogP contribution in [-0.2, 0) is 4.79 Å². The molecule has 0 fully saturated rings. The van der Waals surface area contributed by atoms with E-state index >= 15 is 0 Å². The van der Waals surface area contributed by atoms with Crippen molar-refractivity contribution in [2.24, 2.45) is 0 Å². The third kappa shape index (κ3) is 4.10. The predicted molar refractivity (Wildman–Crippen MR) is 77.5 cm³/mol. The van der Waals surface area contributed by atoms with Crippen LogP contribution in [0.25, 0.3) is 0 Å². The first-order valence-corrected chi connectivity index (χ1v) is 6.36. The van der Waals surface area contributed by atoms with E-state index in [2.05, 4.69) is 15.6 Å². The second kappa shape index (κ2) is 6.54. The zero-order valence-electron chi connectivity index (χ0n) is 10.9. The third-order valence-electron chi connectivity index (χ3n) is 2.57. The number of carbonyl (C=O) groups excluding carboxylic acids is 1. The van der Waals surface area contributed by atoms with Crippen LogP contribution < -0.4 is 10.6 Å². The van der Waals surface area contributed by atoms with E-state index in [9.17, 15) is 4.79 Å². The van der Waals surface area contributed by atoms with Crippen molar-refractivity contribution in [3.05, 3.63) is 48.7 Å². The van der Waals surface area contributed by atoms with E-state index in [4.69, 9.17) is 0 Å². The van der Waals surface area contributed by atoms with Gasteiger partial charge in [-0.25, -0.2) is 4.98 Å². The Morgan fingerprint density at radius 3 is 2.53 bits per heavy atom. The van der Waals surface area contributed by atoms with E-state index in [0.29, 0.717) is 6.42 Å². The molecule has 1 heterocycles. The summed E-state index contributed by atoms with van der Waals surface area (Å²) in [5.41, 5.74) is 1.70. The van der Waals surface area contributed by atoms with Gasteiger partial charge in [-0.05, 0) is 30.7 Å². The highest BCUT2D eigenvalue weighted by Crippen LogP contribution is 2.15. The van der Waals surface area contributed by atoms with Gasteiger partial charge in [0.15, 0.2) is 0 Å². The van der Waals surface area contributed by atoms with Crippen molar-refractivity contribution in [2.75, 3.05) is 10.6 Å². The standard InChI is InChI=1S/C15H17N3O/c1-2-6-15(19)18-13-9-10-14(16-11-13)17-12-7-4-3-5-8-12/h3-5,7-11H,2,6H2,1H3,(H,16,17)(H,18,19). The number of para-hydroxylation sites is 1. The van der Waals surface area contributed by atoms with Gasteiger partial charge in [0.05, 0.1) is 11.9 Å². The Hall–Kier alpha value is -2.36. The summed E-state index contributed by atoms with van der Waals surface area (Å²) in [7, 11) is 0. The number of rotatable bonds is 5. The number of amides is 1. The van der Waals surface area contributed by atoms with Crippen LogP contribution in [0, 0.1) is 0 Å². The number of carbonyl (C=O) groups is 1. The minimum absolute atomic E-state index is 0.0214. The fourth-order valence-corrected chi connectivity index (χ4v) is 1.66. The molecule has 0 atom stereocenters. The number of hydrogen-bond acceptors (Lipinski definition) is 3. The Bertz CT molecular complexity index is 523. The van der Waals surface area contributed by atoms with Gasteiger partial charge in [0.2, 0.25) is 5.91 Å². The number of nitrogens with zero attached hydrogens (tertiary/aromatic N) is 1. The number of hydrogen-bond donors (Lipinski definition) is 2. The van der Waals surface area contributed by atoms with Crippen LogP contribution in [0.15, 0.2) is 48.7 Å². The fourth-order valence-electron chi connectivity index (χ4n) is 1.66. The van der Waals surface area contributed by atoms with Crippen LogP contribution in [0.4, 0.5) is 17.2 Å². The molecule has 0 spiro atoms. The Morgan fingerprint density at radius 2 is 1.89 bits per heavy atom. The molecule has 0 aliphatic carbocycles. The normalized spacial score (nSPS) is 9.95. The van der Waals surface area contributed by atoms with Crippen LogP contribution in [0.1, 0.15) is 19.8 Å². The Morgan fingerprint density at radius 1 is 1.11 bits per heavy atom. The maximum Gasteiger partial charge on any atom is 0.224 e. The van der Waals surface area contributed by atoms with Crippen LogP contribution in [-0.4, -0.2) is 10.9 Å². The lowest BCUT2D eigenvalue weighted by Crippen LogP contribution is -2.10. The predicted octanol–water partition coefficient (Wildman–Crippen LogP) is 3.56. The van der Waals surface area contributed by atoms with E-state index < -0.39 is 0 Å². The van der Waals surface area contributed by atoms with Gasteiger partial charge >= 0.3 is 0 Å². The lowest BCUT2D eigenvalue weighted by atomic mass is 10.3. The summed E-state index contributed by atoms with van der Waals surface area (Å²) in [6.07, 6.45) is 3.02. The molecule has 2 rings (SSSR count). The average Bonchev–Trinajstić information content (AvgIpc) is 2.42. The summed E-state index contributed by atoms with van der Waals surface area (Å²) in [4.78, 5) is 15.7. The van der Waals surface area contributed by atoms with Crippen LogP contribution >= 0.6 is 0 Å². The Kier molecular flexibility index (Phi) is 4.50. The molecule has 0 unspecified atom stereocenters. The molecule has 98 valence electrons. The zero-order valence-corrected chi connectivity index (χ0v) is 10.9. The molecule has 0 aliphatic rings. The molecule has 0 saturated heterocycles. The molecular formula is C15H17N3O. The number of aromatic nitrogens is 1. The van der Waals surface area contributed by atoms with Gasteiger partial charge in [-0.15, -0.1) is 0 Å². The lowest BCUT2D eigenvalue weighted by molar-refractivity contribution is -0.116. The quantitative estimate of drug-likeness (QED) is 0.858. The van der Waals surface area contributed by atoms with Crippen molar-refractivity contribution < 1.29 is 4.79 Å². The highest BCUT2D eigenvalue weighted by atomic mass is 16.1. The van der Waals surface area contributed by atoms with Crippen molar-refractivity contribution in [3.63, 3.8) is 0 Å². The van der Waals surface area contributed by atoms with Gasteiger partial charge in [-0.3, -0.25) is 4.79 Å². The summed E-state index contributed by atoms with van der Waals surface area (Å²) < 4.78 is 0. The van der Waals surface area contributed by atoms with E-state index in [1.165, 1.54) is 0 Å². The van der Waals surface area contributed by atoms with Crippen LogP contribution in [0.3, 0.4) is 0 Å². The van der Waals surface area contributed by atoms with Gasteiger partial charge in [0, 0.05) is 12.1 Å². The fraction of sp³-hybridized carbons (Fsp3) is 0.200. The lowest BCUT2D eigenvalue weighted by Gasteiger charge is -2.07. The van der Waals surface area contributed by atoms with Gasteiger partial charge in [-0.2, -0.15) is 0 Å². The van der Waals surface area contributed by atoms with Crippen LogP contribution in [0.5, 0.6) is 0 Å². The molecule has 1 aromatic heterocycles. The molecule has 0 aliphatic heterocycles. The largest absolute Gasteiger partial charge is 0.340 e. The minimum atomic E-state index is 0.0214. The summed E-state index contributed by atoms with van der Waals surface area (Å²) >= 11 is 0. The molecule has 0 radical (unpaired) electrons. The molecule has 19 heavy (non-hydrogen) atoms. The van der Waals surface area contributed by atoms with Crippen molar-refractivity contribution in [3.8, 4) is 0 Å². The average molecular weight is 255 g/mol. The molecule has 2 aromatic rings. The number of pyridine rings is 1. The van der Waals surface area contributed by atoms with E-state index in [1.54, 1.807) is 6.20 Å². The minimum Gasteiger partial charge on any atom is -0.340 e. The molecule has 0 bridgehead atoms. The van der Waals surface area contributed by atoms with Crippen molar-refractivity contribution >= 4 is 23.1 Å². The summed E-state index contributed by atoms with van der Waals surface area (Å²) in [6, 6.07) is 13.5. The molecule has 1 amide bonds. The van der Waals surface area contributed by atoms with Gasteiger partial charge in [0.25, 0.3) is 0 Å². The maximum atomic E-state index is 11.4. The first kappa shape index (κ1) is 13.1. The second-order valence-corrected chi connectivity index (χ2v) is 4.22. The first-order valence-electron chi connectivity index (χ1n) is 6.36. The SMILES string of the molecule is CCCC(=O)Nc1ccc(Nc2ccccc2)nc1. The number of benzene rings is 1. The molecule has 4 heteroatoms. The number of anilines is 3. The summed E-state index contributed by atoms with van der Waals surface area (Å²) in [5, 5.41) is 5.99. The Balaban J connectivity index is 1.97. The summed E-state index contributed by atoms with van der Waals surface area (Å²) in [5.74, 6) is 0.771.